The number of carbonyl (C=O) groups excluding carboxylic acids is 1. The maximum absolute atomic E-state index is 12.9. The first kappa shape index (κ1) is 25.5. The number of aliphatic hydroxyl groups is 1. The van der Waals surface area contributed by atoms with Crippen LogP contribution in [-0.4, -0.2) is 59.1 Å². The van der Waals surface area contributed by atoms with Gasteiger partial charge in [-0.1, -0.05) is 37.9 Å². The Balaban J connectivity index is 1.93. The van der Waals surface area contributed by atoms with Crippen LogP contribution in [0, 0.1) is 0 Å². The van der Waals surface area contributed by atoms with Crippen LogP contribution in [0.4, 0.5) is 4.79 Å². The summed E-state index contributed by atoms with van der Waals surface area (Å²) in [4.78, 5) is 19.7. The topological polar surface area (TPSA) is 76.8 Å². The van der Waals surface area contributed by atoms with Gasteiger partial charge >= 0.3 is 6.09 Å². The zero-order valence-corrected chi connectivity index (χ0v) is 21.9. The second-order valence-corrected chi connectivity index (χ2v) is 16.5. The standard InChI is InChI=1S/C25H39N3O4Si/c1-25(2,3)32-24(30)27-13-7-10-22(27)23-26-20-17-19(9-8-14-29)11-12-21(20)28(23)18-31-15-16-33(4,5)6/h8-9,11-12,17,22,29H,7,10,13-16,18H2,1-6H3. The monoisotopic (exact) mass is 473 g/mol. The van der Waals surface area contributed by atoms with Gasteiger partial charge in [-0.3, -0.25) is 4.90 Å². The summed E-state index contributed by atoms with van der Waals surface area (Å²) in [5.41, 5.74) is 2.27. The van der Waals surface area contributed by atoms with Crippen LogP contribution in [0.2, 0.25) is 25.7 Å². The molecule has 33 heavy (non-hydrogen) atoms. The van der Waals surface area contributed by atoms with Gasteiger partial charge in [0.1, 0.15) is 18.2 Å². The molecule has 1 aromatic heterocycles. The molecule has 0 bridgehead atoms. The van der Waals surface area contributed by atoms with Gasteiger partial charge in [0.05, 0.1) is 23.7 Å². The van der Waals surface area contributed by atoms with Gasteiger partial charge in [0.2, 0.25) is 0 Å². The van der Waals surface area contributed by atoms with Crippen molar-refractivity contribution in [1.29, 1.82) is 0 Å². The predicted molar refractivity (Wildman–Crippen MR) is 135 cm³/mol. The van der Waals surface area contributed by atoms with Gasteiger partial charge in [-0.15, -0.1) is 0 Å². The van der Waals surface area contributed by atoms with E-state index in [9.17, 15) is 4.79 Å². The van der Waals surface area contributed by atoms with Crippen molar-refractivity contribution in [2.45, 2.75) is 77.7 Å². The molecule has 1 aromatic carbocycles. The fourth-order valence-corrected chi connectivity index (χ4v) is 4.71. The van der Waals surface area contributed by atoms with Crippen LogP contribution in [0.5, 0.6) is 0 Å². The minimum Gasteiger partial charge on any atom is -0.444 e. The third-order valence-corrected chi connectivity index (χ3v) is 7.32. The summed E-state index contributed by atoms with van der Waals surface area (Å²) in [6.07, 6.45) is 5.04. The van der Waals surface area contributed by atoms with Crippen molar-refractivity contribution in [2.24, 2.45) is 0 Å². The molecule has 1 saturated heterocycles. The predicted octanol–water partition coefficient (Wildman–Crippen LogP) is 5.43. The Morgan fingerprint density at radius 3 is 2.73 bits per heavy atom. The number of rotatable bonds is 8. The molecule has 2 aromatic rings. The Morgan fingerprint density at radius 1 is 1.30 bits per heavy atom. The van der Waals surface area contributed by atoms with E-state index >= 15 is 0 Å². The second-order valence-electron chi connectivity index (χ2n) is 10.9. The number of hydrogen-bond donors (Lipinski definition) is 1. The molecule has 2 heterocycles. The second kappa shape index (κ2) is 10.4. The van der Waals surface area contributed by atoms with Gasteiger partial charge in [-0.05, 0) is 57.4 Å². The number of fused-ring (bicyclic) bond motifs is 1. The first-order valence-corrected chi connectivity index (χ1v) is 15.5. The van der Waals surface area contributed by atoms with Gasteiger partial charge < -0.3 is 19.1 Å². The van der Waals surface area contributed by atoms with E-state index in [0.717, 1.165) is 41.3 Å². The molecule has 7 nitrogen and oxygen atoms in total. The van der Waals surface area contributed by atoms with Crippen LogP contribution in [0.25, 0.3) is 17.1 Å². The Kier molecular flexibility index (Phi) is 8.03. The molecule has 1 aliphatic heterocycles. The number of carbonyl (C=O) groups is 1. The summed E-state index contributed by atoms with van der Waals surface area (Å²) >= 11 is 0. The van der Waals surface area contributed by atoms with Crippen LogP contribution in [0.3, 0.4) is 0 Å². The highest BCUT2D eigenvalue weighted by Crippen LogP contribution is 2.35. The Morgan fingerprint density at radius 2 is 2.06 bits per heavy atom. The quantitative estimate of drug-likeness (QED) is 0.409. The van der Waals surface area contributed by atoms with Gasteiger partial charge in [-0.25, -0.2) is 9.78 Å². The van der Waals surface area contributed by atoms with Crippen molar-refractivity contribution in [3.8, 4) is 0 Å². The van der Waals surface area contributed by atoms with Crippen LogP contribution in [-0.2, 0) is 16.2 Å². The number of nitrogens with zero attached hydrogens (tertiary/aromatic N) is 3. The SMILES string of the molecule is CC(C)(C)OC(=O)N1CCCC1c1nc2cc(C=CCO)ccc2n1COCC[Si](C)(C)C. The third-order valence-electron chi connectivity index (χ3n) is 5.61. The summed E-state index contributed by atoms with van der Waals surface area (Å²) in [6, 6.07) is 7.01. The molecular formula is C25H39N3O4Si. The molecule has 1 unspecified atom stereocenters. The highest BCUT2D eigenvalue weighted by atomic mass is 28.3. The van der Waals surface area contributed by atoms with Gasteiger partial charge in [0.25, 0.3) is 0 Å². The van der Waals surface area contributed by atoms with E-state index in [1.54, 1.807) is 11.0 Å². The lowest BCUT2D eigenvalue weighted by Crippen LogP contribution is -2.37. The maximum atomic E-state index is 12.9. The van der Waals surface area contributed by atoms with Crippen molar-refractivity contribution in [2.75, 3.05) is 19.8 Å². The molecule has 0 aliphatic carbocycles. The lowest BCUT2D eigenvalue weighted by atomic mass is 10.2. The van der Waals surface area contributed by atoms with E-state index in [-0.39, 0.29) is 18.7 Å². The largest absolute Gasteiger partial charge is 0.444 e. The minimum absolute atomic E-state index is 0.00438. The number of likely N-dealkylation sites (tertiary alicyclic amines) is 1. The normalized spacial score (nSPS) is 17.4. The molecule has 0 spiro atoms. The molecule has 8 heteroatoms. The summed E-state index contributed by atoms with van der Waals surface area (Å²) in [5.74, 6) is 0.838. The smallest absolute Gasteiger partial charge is 0.410 e. The van der Waals surface area contributed by atoms with E-state index in [0.29, 0.717) is 19.9 Å². The fourth-order valence-electron chi connectivity index (χ4n) is 3.96. The van der Waals surface area contributed by atoms with E-state index < -0.39 is 13.7 Å². The molecule has 0 radical (unpaired) electrons. The molecule has 182 valence electrons. The number of amides is 1. The lowest BCUT2D eigenvalue weighted by Gasteiger charge is -2.28. The molecule has 1 amide bonds. The zero-order chi connectivity index (χ0) is 24.2. The molecule has 3 rings (SSSR count). The Bertz CT molecular complexity index is 988. The van der Waals surface area contributed by atoms with E-state index in [4.69, 9.17) is 19.6 Å². The van der Waals surface area contributed by atoms with Gasteiger partial charge in [0.15, 0.2) is 0 Å². The van der Waals surface area contributed by atoms with Gasteiger partial charge in [-0.2, -0.15) is 0 Å². The number of benzene rings is 1. The van der Waals surface area contributed by atoms with Crippen LogP contribution < -0.4 is 0 Å². The van der Waals surface area contributed by atoms with E-state index in [1.165, 1.54) is 0 Å². The average Bonchev–Trinajstić information content (AvgIpc) is 3.32. The molecule has 1 N–H and O–H groups in total. The first-order chi connectivity index (χ1) is 15.5. The molecular weight excluding hydrogens is 434 g/mol. The Labute approximate surface area is 198 Å². The zero-order valence-electron chi connectivity index (χ0n) is 20.9. The maximum Gasteiger partial charge on any atom is 0.410 e. The van der Waals surface area contributed by atoms with Crippen LogP contribution in [0.15, 0.2) is 24.3 Å². The van der Waals surface area contributed by atoms with Crippen molar-refractivity contribution >= 4 is 31.3 Å². The Hall–Kier alpha value is -2.16. The summed E-state index contributed by atoms with van der Waals surface area (Å²) in [5, 5.41) is 9.10. The van der Waals surface area contributed by atoms with E-state index in [1.807, 2.05) is 45.0 Å². The third kappa shape index (κ3) is 6.91. The molecule has 1 aliphatic rings. The van der Waals surface area contributed by atoms with Gasteiger partial charge in [0, 0.05) is 21.2 Å². The number of aromatic nitrogens is 2. The number of aliphatic hydroxyl groups excluding tert-OH is 1. The number of imidazole rings is 1. The molecule has 0 saturated carbocycles. The van der Waals surface area contributed by atoms with Crippen molar-refractivity contribution < 1.29 is 19.4 Å². The summed E-state index contributed by atoms with van der Waals surface area (Å²) in [7, 11) is -1.19. The highest BCUT2D eigenvalue weighted by molar-refractivity contribution is 6.76. The summed E-state index contributed by atoms with van der Waals surface area (Å²) in [6.45, 7) is 14.5. The van der Waals surface area contributed by atoms with Crippen molar-refractivity contribution in [3.05, 3.63) is 35.7 Å². The van der Waals surface area contributed by atoms with Crippen molar-refractivity contribution in [1.82, 2.24) is 14.5 Å². The number of ether oxygens (including phenoxy) is 2. The fraction of sp³-hybridized carbons (Fsp3) is 0.600. The molecule has 1 atom stereocenters. The van der Waals surface area contributed by atoms with E-state index in [2.05, 4.69) is 24.2 Å². The first-order valence-electron chi connectivity index (χ1n) is 11.8. The molecule has 1 fully saturated rings. The highest BCUT2D eigenvalue weighted by Gasteiger charge is 2.36. The van der Waals surface area contributed by atoms with Crippen molar-refractivity contribution in [3.63, 3.8) is 0 Å². The lowest BCUT2D eigenvalue weighted by molar-refractivity contribution is 0.0205. The van der Waals surface area contributed by atoms with Crippen LogP contribution >= 0.6 is 0 Å². The number of hydrogen-bond acceptors (Lipinski definition) is 5. The average molecular weight is 474 g/mol. The minimum atomic E-state index is -1.19. The van der Waals surface area contributed by atoms with Crippen LogP contribution in [0.1, 0.15) is 51.0 Å². The summed E-state index contributed by atoms with van der Waals surface area (Å²) < 4.78 is 13.9.